The van der Waals surface area contributed by atoms with Crippen molar-refractivity contribution in [3.05, 3.63) is 60.4 Å². The molecule has 5 heteroatoms. The summed E-state index contributed by atoms with van der Waals surface area (Å²) in [6.07, 6.45) is 0. The number of carboxylic acids is 1. The SMILES string of the molecule is CCOc1c(C(=O)O)oc2c3ccccc3n(-c3ccccc3)c12. The molecule has 0 aliphatic rings. The lowest BCUT2D eigenvalue weighted by Gasteiger charge is -2.09. The predicted octanol–water partition coefficient (Wildman–Crippen LogP) is 4.47. The minimum absolute atomic E-state index is 0.169. The van der Waals surface area contributed by atoms with Gasteiger partial charge in [0, 0.05) is 11.1 Å². The summed E-state index contributed by atoms with van der Waals surface area (Å²) in [5.74, 6) is -1.05. The molecule has 5 nitrogen and oxygen atoms in total. The van der Waals surface area contributed by atoms with E-state index in [2.05, 4.69) is 0 Å². The Labute approximate surface area is 137 Å². The number of aromatic carboxylic acids is 1. The van der Waals surface area contributed by atoms with Crippen LogP contribution in [0, 0.1) is 0 Å². The molecule has 0 unspecified atom stereocenters. The summed E-state index contributed by atoms with van der Waals surface area (Å²) in [5, 5.41) is 10.3. The van der Waals surface area contributed by atoms with E-state index in [1.807, 2.05) is 66.1 Å². The maximum atomic E-state index is 11.6. The summed E-state index contributed by atoms with van der Waals surface area (Å²) in [6.45, 7) is 2.17. The van der Waals surface area contributed by atoms with Gasteiger partial charge in [0.1, 0.15) is 5.52 Å². The first-order chi connectivity index (χ1) is 11.7. The minimum Gasteiger partial charge on any atom is -0.488 e. The van der Waals surface area contributed by atoms with E-state index in [1.54, 1.807) is 0 Å². The molecule has 0 fully saturated rings. The van der Waals surface area contributed by atoms with Crippen molar-refractivity contribution in [2.75, 3.05) is 6.61 Å². The Kier molecular flexibility index (Phi) is 3.27. The van der Waals surface area contributed by atoms with Crippen molar-refractivity contribution in [3.63, 3.8) is 0 Å². The lowest BCUT2D eigenvalue weighted by molar-refractivity contribution is 0.0659. The standard InChI is InChI=1S/C19H15NO4/c1-2-23-17-15-16(24-18(17)19(21)22)13-10-6-7-11-14(13)20(15)12-8-4-3-5-9-12/h3-11H,2H2,1H3,(H,21,22). The van der Waals surface area contributed by atoms with E-state index in [9.17, 15) is 9.90 Å². The van der Waals surface area contributed by atoms with Gasteiger partial charge in [-0.1, -0.05) is 30.3 Å². The monoisotopic (exact) mass is 321 g/mol. The van der Waals surface area contributed by atoms with E-state index in [4.69, 9.17) is 9.15 Å². The summed E-state index contributed by atoms with van der Waals surface area (Å²) in [4.78, 5) is 11.6. The van der Waals surface area contributed by atoms with Crippen molar-refractivity contribution in [2.24, 2.45) is 0 Å². The van der Waals surface area contributed by atoms with Crippen molar-refractivity contribution in [3.8, 4) is 11.4 Å². The Hall–Kier alpha value is -3.21. The van der Waals surface area contributed by atoms with Gasteiger partial charge < -0.3 is 18.8 Å². The highest BCUT2D eigenvalue weighted by molar-refractivity contribution is 6.11. The maximum Gasteiger partial charge on any atom is 0.375 e. The van der Waals surface area contributed by atoms with Crippen LogP contribution in [-0.4, -0.2) is 22.2 Å². The molecular weight excluding hydrogens is 306 g/mol. The van der Waals surface area contributed by atoms with E-state index in [-0.39, 0.29) is 11.5 Å². The van der Waals surface area contributed by atoms with E-state index in [0.29, 0.717) is 17.7 Å². The highest BCUT2D eigenvalue weighted by Crippen LogP contribution is 2.41. The molecule has 2 aromatic carbocycles. The normalized spacial score (nSPS) is 11.2. The van der Waals surface area contributed by atoms with Crippen molar-refractivity contribution in [2.45, 2.75) is 6.92 Å². The second-order valence-electron chi connectivity index (χ2n) is 5.36. The summed E-state index contributed by atoms with van der Waals surface area (Å²) in [5.41, 5.74) is 3.02. The van der Waals surface area contributed by atoms with Gasteiger partial charge in [-0.15, -0.1) is 0 Å². The van der Waals surface area contributed by atoms with Crippen LogP contribution in [-0.2, 0) is 0 Å². The van der Waals surface area contributed by atoms with Crippen LogP contribution >= 0.6 is 0 Å². The number of furan rings is 1. The number of rotatable bonds is 4. The number of nitrogens with zero attached hydrogens (tertiary/aromatic N) is 1. The quantitative estimate of drug-likeness (QED) is 0.602. The number of hydrogen-bond acceptors (Lipinski definition) is 3. The van der Waals surface area contributed by atoms with Crippen molar-refractivity contribution in [1.82, 2.24) is 4.57 Å². The number of para-hydroxylation sites is 2. The minimum atomic E-state index is -1.14. The largest absolute Gasteiger partial charge is 0.488 e. The molecule has 0 aliphatic heterocycles. The van der Waals surface area contributed by atoms with Gasteiger partial charge >= 0.3 is 5.97 Å². The molecular formula is C19H15NO4. The fourth-order valence-corrected chi connectivity index (χ4v) is 3.04. The van der Waals surface area contributed by atoms with Crippen LogP contribution in [0.4, 0.5) is 0 Å². The number of ether oxygens (including phenoxy) is 1. The summed E-state index contributed by atoms with van der Waals surface area (Å²) in [6, 6.07) is 17.5. The third-order valence-corrected chi connectivity index (χ3v) is 3.95. The van der Waals surface area contributed by atoms with Crippen LogP contribution in [0.5, 0.6) is 5.75 Å². The second kappa shape index (κ2) is 5.45. The van der Waals surface area contributed by atoms with E-state index in [1.165, 1.54) is 0 Å². The van der Waals surface area contributed by atoms with Crippen LogP contribution in [0.3, 0.4) is 0 Å². The number of hydrogen-bond donors (Lipinski definition) is 1. The van der Waals surface area contributed by atoms with Crippen LogP contribution < -0.4 is 4.74 Å². The van der Waals surface area contributed by atoms with Crippen LogP contribution in [0.2, 0.25) is 0 Å². The highest BCUT2D eigenvalue weighted by Gasteiger charge is 2.27. The zero-order valence-corrected chi connectivity index (χ0v) is 13.0. The van der Waals surface area contributed by atoms with Gasteiger partial charge in [0.2, 0.25) is 0 Å². The molecule has 24 heavy (non-hydrogen) atoms. The lowest BCUT2D eigenvalue weighted by Crippen LogP contribution is -2.02. The number of benzene rings is 2. The number of fused-ring (bicyclic) bond motifs is 3. The Morgan fingerprint density at radius 2 is 1.83 bits per heavy atom. The molecule has 0 bridgehead atoms. The van der Waals surface area contributed by atoms with Gasteiger partial charge in [-0.2, -0.15) is 0 Å². The van der Waals surface area contributed by atoms with E-state index < -0.39 is 5.97 Å². The Morgan fingerprint density at radius 3 is 2.54 bits per heavy atom. The predicted molar refractivity (Wildman–Crippen MR) is 91.2 cm³/mol. The van der Waals surface area contributed by atoms with Gasteiger partial charge in [-0.3, -0.25) is 0 Å². The van der Waals surface area contributed by atoms with Crippen molar-refractivity contribution in [1.29, 1.82) is 0 Å². The molecule has 0 amide bonds. The van der Waals surface area contributed by atoms with Gasteiger partial charge in [0.05, 0.1) is 12.1 Å². The van der Waals surface area contributed by atoms with Crippen LogP contribution in [0.1, 0.15) is 17.5 Å². The Morgan fingerprint density at radius 1 is 1.12 bits per heavy atom. The first-order valence-electron chi connectivity index (χ1n) is 7.69. The fourth-order valence-electron chi connectivity index (χ4n) is 3.04. The molecule has 0 atom stereocenters. The molecule has 4 aromatic rings. The number of carboxylic acid groups (broad SMARTS) is 1. The molecule has 0 spiro atoms. The molecule has 0 radical (unpaired) electrons. The first kappa shape index (κ1) is 14.4. The number of carbonyl (C=O) groups is 1. The molecule has 0 saturated carbocycles. The van der Waals surface area contributed by atoms with E-state index >= 15 is 0 Å². The zero-order valence-electron chi connectivity index (χ0n) is 13.0. The van der Waals surface area contributed by atoms with Gasteiger partial charge in [-0.05, 0) is 31.2 Å². The molecule has 0 aliphatic carbocycles. The Balaban J connectivity index is 2.20. The molecule has 2 aromatic heterocycles. The smallest absolute Gasteiger partial charge is 0.375 e. The maximum absolute atomic E-state index is 11.6. The fraction of sp³-hybridized carbons (Fsp3) is 0.105. The molecule has 2 heterocycles. The van der Waals surface area contributed by atoms with Gasteiger partial charge in [0.25, 0.3) is 5.76 Å². The third kappa shape index (κ3) is 1.98. The van der Waals surface area contributed by atoms with E-state index in [0.717, 1.165) is 16.6 Å². The van der Waals surface area contributed by atoms with Gasteiger partial charge in [0.15, 0.2) is 11.3 Å². The summed E-state index contributed by atoms with van der Waals surface area (Å²) in [7, 11) is 0. The highest BCUT2D eigenvalue weighted by atomic mass is 16.5. The zero-order chi connectivity index (χ0) is 16.7. The molecule has 120 valence electrons. The average molecular weight is 321 g/mol. The van der Waals surface area contributed by atoms with Crippen LogP contribution in [0.25, 0.3) is 27.7 Å². The topological polar surface area (TPSA) is 64.6 Å². The van der Waals surface area contributed by atoms with Gasteiger partial charge in [-0.25, -0.2) is 4.79 Å². The molecule has 1 N–H and O–H groups in total. The first-order valence-corrected chi connectivity index (χ1v) is 7.69. The molecule has 4 rings (SSSR count). The van der Waals surface area contributed by atoms with Crippen LogP contribution in [0.15, 0.2) is 59.0 Å². The summed E-state index contributed by atoms with van der Waals surface area (Å²) >= 11 is 0. The van der Waals surface area contributed by atoms with Crippen molar-refractivity contribution >= 4 is 28.0 Å². The average Bonchev–Trinajstić information content (AvgIpc) is 3.11. The lowest BCUT2D eigenvalue weighted by atomic mass is 10.2. The summed E-state index contributed by atoms with van der Waals surface area (Å²) < 4.78 is 13.3. The second-order valence-corrected chi connectivity index (χ2v) is 5.36. The Bertz CT molecular complexity index is 1040. The third-order valence-electron chi connectivity index (χ3n) is 3.95. The van der Waals surface area contributed by atoms with Crippen molar-refractivity contribution < 1.29 is 19.1 Å². The number of aromatic nitrogens is 1. The molecule has 0 saturated heterocycles.